The third-order valence-corrected chi connectivity index (χ3v) is 5.20. The fraction of sp³-hybridized carbons (Fsp3) is 0.316. The van der Waals surface area contributed by atoms with Crippen molar-refractivity contribution in [3.8, 4) is 11.9 Å². The molecule has 2 aromatic rings. The zero-order chi connectivity index (χ0) is 18.5. The molecule has 0 unspecified atom stereocenters. The second kappa shape index (κ2) is 5.63. The van der Waals surface area contributed by atoms with E-state index in [1.54, 1.807) is 11.9 Å². The Hall–Kier alpha value is -3.27. The van der Waals surface area contributed by atoms with Crippen LogP contribution in [-0.2, 0) is 16.6 Å². The lowest BCUT2D eigenvalue weighted by Crippen LogP contribution is -2.45. The highest BCUT2D eigenvalue weighted by Gasteiger charge is 2.60. The normalized spacial score (nSPS) is 20.8. The molecular formula is C19H19N5O2. The molecule has 1 spiro atoms. The Bertz CT molecular complexity index is 984. The third kappa shape index (κ3) is 1.81. The number of rotatable bonds is 3. The van der Waals surface area contributed by atoms with Crippen LogP contribution in [0.5, 0.6) is 5.88 Å². The van der Waals surface area contributed by atoms with Crippen molar-refractivity contribution in [1.29, 1.82) is 5.26 Å². The van der Waals surface area contributed by atoms with Gasteiger partial charge in [-0.2, -0.15) is 5.26 Å². The maximum absolute atomic E-state index is 13.5. The van der Waals surface area contributed by atoms with Crippen LogP contribution in [0.1, 0.15) is 36.6 Å². The van der Waals surface area contributed by atoms with Gasteiger partial charge >= 0.3 is 0 Å². The number of nitriles is 1. The summed E-state index contributed by atoms with van der Waals surface area (Å²) >= 11 is 0. The molecular weight excluding hydrogens is 330 g/mol. The molecule has 2 aliphatic rings. The highest BCUT2D eigenvalue weighted by molar-refractivity contribution is 6.14. The van der Waals surface area contributed by atoms with E-state index in [1.807, 2.05) is 24.3 Å². The van der Waals surface area contributed by atoms with E-state index in [2.05, 4.69) is 23.2 Å². The van der Waals surface area contributed by atoms with Gasteiger partial charge in [-0.15, -0.1) is 5.10 Å². The molecule has 7 heteroatoms. The number of aryl methyl sites for hydroxylation is 1. The first kappa shape index (κ1) is 16.2. The number of hydrogen-bond donors (Lipinski definition) is 2. The molecule has 7 nitrogen and oxygen atoms in total. The largest absolute Gasteiger partial charge is 0.420 e. The number of likely N-dealkylation sites (N-methyl/N-ethyl adjacent to an activating group) is 1. The molecule has 0 bridgehead atoms. The number of para-hydroxylation sites is 1. The van der Waals surface area contributed by atoms with Crippen LogP contribution < -0.4 is 15.4 Å². The average Bonchev–Trinajstić information content (AvgIpc) is 3.14. The standard InChI is InChI=1S/C19H19N5O2/c1-3-4-8-13-15-17(23-22-13)26-16(21)12(10-20)19(15)11-7-5-6-9-14(11)24(2)18(19)25/h5-7,9H,3-4,8,21H2,1-2H3,(H,22,23)/t19-/m1/s1. The van der Waals surface area contributed by atoms with E-state index >= 15 is 0 Å². The van der Waals surface area contributed by atoms with Crippen molar-refractivity contribution in [3.05, 3.63) is 52.5 Å². The van der Waals surface area contributed by atoms with Crippen LogP contribution in [0, 0.1) is 11.3 Å². The maximum atomic E-state index is 13.5. The van der Waals surface area contributed by atoms with Gasteiger partial charge in [0.2, 0.25) is 17.7 Å². The second-order valence-electron chi connectivity index (χ2n) is 6.57. The zero-order valence-electron chi connectivity index (χ0n) is 14.7. The number of amides is 1. The monoisotopic (exact) mass is 349 g/mol. The summed E-state index contributed by atoms with van der Waals surface area (Å²) in [6, 6.07) is 9.60. The summed E-state index contributed by atoms with van der Waals surface area (Å²) in [6.45, 7) is 2.09. The van der Waals surface area contributed by atoms with Gasteiger partial charge in [0.15, 0.2) is 0 Å². The Morgan fingerprint density at radius 2 is 2.19 bits per heavy atom. The first-order valence-electron chi connectivity index (χ1n) is 8.60. The maximum Gasteiger partial charge on any atom is 0.247 e. The smallest absolute Gasteiger partial charge is 0.247 e. The molecule has 26 heavy (non-hydrogen) atoms. The van der Waals surface area contributed by atoms with Gasteiger partial charge in [-0.25, -0.2) is 0 Å². The van der Waals surface area contributed by atoms with Gasteiger partial charge in [-0.3, -0.25) is 9.89 Å². The number of H-pyrrole nitrogens is 1. The molecule has 1 amide bonds. The lowest BCUT2D eigenvalue weighted by atomic mass is 9.68. The van der Waals surface area contributed by atoms with Crippen molar-refractivity contribution in [3.63, 3.8) is 0 Å². The number of nitrogens with zero attached hydrogens (tertiary/aromatic N) is 3. The molecule has 3 N–H and O–H groups in total. The molecule has 4 rings (SSSR count). The fourth-order valence-electron chi connectivity index (χ4n) is 4.00. The summed E-state index contributed by atoms with van der Waals surface area (Å²) in [7, 11) is 1.71. The van der Waals surface area contributed by atoms with Crippen LogP contribution in [0.4, 0.5) is 5.69 Å². The Balaban J connectivity index is 2.09. The summed E-state index contributed by atoms with van der Waals surface area (Å²) in [5, 5.41) is 17.1. The number of ether oxygens (including phenoxy) is 1. The number of nitrogens with two attached hydrogens (primary N) is 1. The number of aromatic nitrogens is 2. The number of benzene rings is 1. The molecule has 1 atom stereocenters. The van der Waals surface area contributed by atoms with E-state index in [-0.39, 0.29) is 23.2 Å². The molecule has 1 aromatic carbocycles. The van der Waals surface area contributed by atoms with Gasteiger partial charge in [0.1, 0.15) is 17.1 Å². The third-order valence-electron chi connectivity index (χ3n) is 5.20. The number of anilines is 1. The molecule has 132 valence electrons. The van der Waals surface area contributed by atoms with Crippen LogP contribution in [0.3, 0.4) is 0 Å². The average molecular weight is 349 g/mol. The van der Waals surface area contributed by atoms with E-state index in [1.165, 1.54) is 0 Å². The number of carbonyl (C=O) groups is 1. The quantitative estimate of drug-likeness (QED) is 0.882. The summed E-state index contributed by atoms with van der Waals surface area (Å²) in [5.74, 6) is -0.0278. The second-order valence-corrected chi connectivity index (χ2v) is 6.57. The van der Waals surface area contributed by atoms with Crippen LogP contribution in [0.15, 0.2) is 35.7 Å². The molecule has 0 radical (unpaired) electrons. The summed E-state index contributed by atoms with van der Waals surface area (Å²) < 4.78 is 5.60. The highest BCUT2D eigenvalue weighted by atomic mass is 16.5. The van der Waals surface area contributed by atoms with E-state index < -0.39 is 5.41 Å². The van der Waals surface area contributed by atoms with E-state index in [9.17, 15) is 10.1 Å². The van der Waals surface area contributed by atoms with Gasteiger partial charge in [-0.1, -0.05) is 31.5 Å². The molecule has 0 aliphatic carbocycles. The van der Waals surface area contributed by atoms with Crippen LogP contribution >= 0.6 is 0 Å². The molecule has 0 fully saturated rings. The minimum atomic E-state index is -1.31. The molecule has 3 heterocycles. The zero-order valence-corrected chi connectivity index (χ0v) is 14.7. The Kier molecular flexibility index (Phi) is 3.51. The Labute approximate surface area is 151 Å². The van der Waals surface area contributed by atoms with Crippen molar-refractivity contribution < 1.29 is 9.53 Å². The summed E-state index contributed by atoms with van der Waals surface area (Å²) in [6.07, 6.45) is 2.63. The van der Waals surface area contributed by atoms with E-state index in [0.29, 0.717) is 12.0 Å². The minimum Gasteiger partial charge on any atom is -0.420 e. The fourth-order valence-corrected chi connectivity index (χ4v) is 4.00. The number of carbonyl (C=O) groups excluding carboxylic acids is 1. The van der Waals surface area contributed by atoms with E-state index in [4.69, 9.17) is 10.5 Å². The van der Waals surface area contributed by atoms with Gasteiger partial charge in [0.05, 0.1) is 5.56 Å². The SMILES string of the molecule is CCCCc1[nH]nc2c1[C@]1(C(=O)N(C)c3ccccc31)C(C#N)=C(N)O2. The topological polar surface area (TPSA) is 108 Å². The van der Waals surface area contributed by atoms with Crippen LogP contribution in [-0.4, -0.2) is 23.2 Å². The first-order valence-corrected chi connectivity index (χ1v) is 8.60. The minimum absolute atomic E-state index is 0.0769. The number of fused-ring (bicyclic) bond motifs is 4. The van der Waals surface area contributed by atoms with Crippen molar-refractivity contribution in [1.82, 2.24) is 10.2 Å². The van der Waals surface area contributed by atoms with Crippen molar-refractivity contribution in [2.75, 3.05) is 11.9 Å². The van der Waals surface area contributed by atoms with Gasteiger partial charge in [0.25, 0.3) is 0 Å². The number of aromatic amines is 1. The molecule has 2 aliphatic heterocycles. The number of hydrogen-bond acceptors (Lipinski definition) is 5. The molecule has 0 saturated heterocycles. The highest BCUT2D eigenvalue weighted by Crippen LogP contribution is 2.55. The number of unbranched alkanes of at least 4 members (excludes halogenated alkanes) is 1. The number of nitrogens with one attached hydrogen (secondary N) is 1. The first-order chi connectivity index (χ1) is 12.6. The summed E-state index contributed by atoms with van der Waals surface area (Å²) in [4.78, 5) is 15.1. The van der Waals surface area contributed by atoms with Crippen molar-refractivity contribution in [2.24, 2.45) is 5.73 Å². The van der Waals surface area contributed by atoms with Crippen LogP contribution in [0.2, 0.25) is 0 Å². The Morgan fingerprint density at radius 3 is 2.92 bits per heavy atom. The summed E-state index contributed by atoms with van der Waals surface area (Å²) in [5.41, 5.74) is 7.75. The van der Waals surface area contributed by atoms with E-state index in [0.717, 1.165) is 29.8 Å². The lowest BCUT2D eigenvalue weighted by molar-refractivity contribution is -0.120. The van der Waals surface area contributed by atoms with Gasteiger partial charge in [0, 0.05) is 24.0 Å². The lowest BCUT2D eigenvalue weighted by Gasteiger charge is -2.32. The van der Waals surface area contributed by atoms with Crippen molar-refractivity contribution >= 4 is 11.6 Å². The van der Waals surface area contributed by atoms with Crippen LogP contribution in [0.25, 0.3) is 0 Å². The molecule has 0 saturated carbocycles. The van der Waals surface area contributed by atoms with Gasteiger partial charge < -0.3 is 15.4 Å². The Morgan fingerprint density at radius 1 is 1.42 bits per heavy atom. The molecule has 1 aromatic heterocycles. The predicted molar refractivity (Wildman–Crippen MR) is 95.3 cm³/mol. The predicted octanol–water partition coefficient (Wildman–Crippen LogP) is 2.10. The van der Waals surface area contributed by atoms with Crippen molar-refractivity contribution in [2.45, 2.75) is 31.6 Å². The van der Waals surface area contributed by atoms with Gasteiger partial charge in [-0.05, 0) is 18.9 Å².